The maximum atomic E-state index is 12.2. The van der Waals surface area contributed by atoms with Gasteiger partial charge in [0, 0.05) is 25.5 Å². The van der Waals surface area contributed by atoms with Gasteiger partial charge in [-0.1, -0.05) is 28.1 Å². The highest BCUT2D eigenvalue weighted by Crippen LogP contribution is 2.17. The SMILES string of the molecule is COCCN(CCBr)C(=O)c1ccccc1O. The minimum absolute atomic E-state index is 0.00879. The second-order valence-electron chi connectivity index (χ2n) is 3.49. The van der Waals surface area contributed by atoms with Gasteiger partial charge in [0.25, 0.3) is 5.91 Å². The summed E-state index contributed by atoms with van der Waals surface area (Å²) in [5.41, 5.74) is 0.324. The van der Waals surface area contributed by atoms with E-state index in [4.69, 9.17) is 4.74 Å². The molecule has 0 heterocycles. The van der Waals surface area contributed by atoms with Gasteiger partial charge in [-0.2, -0.15) is 0 Å². The van der Waals surface area contributed by atoms with Gasteiger partial charge in [0.05, 0.1) is 12.2 Å². The van der Waals surface area contributed by atoms with E-state index in [1.807, 2.05) is 0 Å². The van der Waals surface area contributed by atoms with E-state index in [1.165, 1.54) is 6.07 Å². The number of phenols is 1. The molecule has 1 N–H and O–H groups in total. The molecular weight excluding hydrogens is 286 g/mol. The molecule has 0 fully saturated rings. The monoisotopic (exact) mass is 301 g/mol. The van der Waals surface area contributed by atoms with Crippen molar-refractivity contribution < 1.29 is 14.6 Å². The summed E-state index contributed by atoms with van der Waals surface area (Å²) in [5.74, 6) is -0.172. The molecule has 0 saturated carbocycles. The number of phenolic OH excluding ortho intramolecular Hbond substituents is 1. The average molecular weight is 302 g/mol. The molecule has 0 atom stereocenters. The number of aromatic hydroxyl groups is 1. The number of para-hydroxylation sites is 1. The van der Waals surface area contributed by atoms with Crippen LogP contribution < -0.4 is 0 Å². The van der Waals surface area contributed by atoms with Gasteiger partial charge < -0.3 is 14.7 Å². The summed E-state index contributed by atoms with van der Waals surface area (Å²) in [5, 5.41) is 10.3. The summed E-state index contributed by atoms with van der Waals surface area (Å²) in [6, 6.07) is 6.55. The van der Waals surface area contributed by atoms with Crippen LogP contribution in [0.3, 0.4) is 0 Å². The first-order valence-electron chi connectivity index (χ1n) is 5.33. The largest absolute Gasteiger partial charge is 0.507 e. The van der Waals surface area contributed by atoms with Crippen molar-refractivity contribution in [1.29, 1.82) is 0 Å². The molecule has 0 aliphatic heterocycles. The number of amides is 1. The van der Waals surface area contributed by atoms with Gasteiger partial charge in [0.15, 0.2) is 0 Å². The van der Waals surface area contributed by atoms with Crippen LogP contribution in [0, 0.1) is 0 Å². The molecule has 0 aliphatic rings. The van der Waals surface area contributed by atoms with Crippen LogP contribution in [0.2, 0.25) is 0 Å². The van der Waals surface area contributed by atoms with E-state index >= 15 is 0 Å². The predicted octanol–water partition coefficient (Wildman–Crippen LogP) is 1.88. The molecule has 17 heavy (non-hydrogen) atoms. The molecule has 1 aromatic carbocycles. The third-order valence-electron chi connectivity index (χ3n) is 2.34. The zero-order valence-corrected chi connectivity index (χ0v) is 11.3. The zero-order chi connectivity index (χ0) is 12.7. The molecule has 0 aromatic heterocycles. The number of carbonyl (C=O) groups is 1. The molecule has 0 saturated heterocycles. The lowest BCUT2D eigenvalue weighted by Gasteiger charge is -2.21. The van der Waals surface area contributed by atoms with E-state index in [0.717, 1.165) is 0 Å². The smallest absolute Gasteiger partial charge is 0.257 e. The van der Waals surface area contributed by atoms with Crippen molar-refractivity contribution in [3.63, 3.8) is 0 Å². The molecule has 5 heteroatoms. The molecule has 0 bridgehead atoms. The van der Waals surface area contributed by atoms with Crippen molar-refractivity contribution in [3.05, 3.63) is 29.8 Å². The summed E-state index contributed by atoms with van der Waals surface area (Å²) in [6.07, 6.45) is 0. The molecule has 0 unspecified atom stereocenters. The summed E-state index contributed by atoms with van der Waals surface area (Å²) in [4.78, 5) is 13.8. The zero-order valence-electron chi connectivity index (χ0n) is 9.73. The van der Waals surface area contributed by atoms with E-state index in [1.54, 1.807) is 30.2 Å². The van der Waals surface area contributed by atoms with Crippen molar-refractivity contribution >= 4 is 21.8 Å². The minimum atomic E-state index is -0.181. The molecule has 0 aliphatic carbocycles. The van der Waals surface area contributed by atoms with Crippen molar-refractivity contribution in [2.45, 2.75) is 0 Å². The van der Waals surface area contributed by atoms with Crippen LogP contribution in [-0.2, 0) is 4.74 Å². The third-order valence-corrected chi connectivity index (χ3v) is 2.70. The van der Waals surface area contributed by atoms with Gasteiger partial charge in [-0.05, 0) is 12.1 Å². The number of methoxy groups -OCH3 is 1. The summed E-state index contributed by atoms with van der Waals surface area (Å²) in [6.45, 7) is 1.57. The molecule has 4 nitrogen and oxygen atoms in total. The van der Waals surface area contributed by atoms with Gasteiger partial charge in [-0.3, -0.25) is 4.79 Å². The lowest BCUT2D eigenvalue weighted by molar-refractivity contribution is 0.0706. The van der Waals surface area contributed by atoms with Crippen LogP contribution in [0.1, 0.15) is 10.4 Å². The van der Waals surface area contributed by atoms with E-state index in [9.17, 15) is 9.90 Å². The number of benzene rings is 1. The number of halogens is 1. The number of alkyl halides is 1. The van der Waals surface area contributed by atoms with Crippen LogP contribution in [0.5, 0.6) is 5.75 Å². The highest BCUT2D eigenvalue weighted by molar-refractivity contribution is 9.09. The fraction of sp³-hybridized carbons (Fsp3) is 0.417. The summed E-state index contributed by atoms with van der Waals surface area (Å²) in [7, 11) is 1.59. The highest BCUT2D eigenvalue weighted by Gasteiger charge is 2.17. The molecule has 1 amide bonds. The number of nitrogens with zero attached hydrogens (tertiary/aromatic N) is 1. The Kier molecular flexibility index (Phi) is 6.00. The maximum Gasteiger partial charge on any atom is 0.257 e. The van der Waals surface area contributed by atoms with Gasteiger partial charge in [0.1, 0.15) is 5.75 Å². The molecule has 0 spiro atoms. The third kappa shape index (κ3) is 4.02. The fourth-order valence-electron chi connectivity index (χ4n) is 1.44. The highest BCUT2D eigenvalue weighted by atomic mass is 79.9. The minimum Gasteiger partial charge on any atom is -0.507 e. The number of rotatable bonds is 6. The second-order valence-corrected chi connectivity index (χ2v) is 4.28. The van der Waals surface area contributed by atoms with E-state index in [0.29, 0.717) is 30.6 Å². The Balaban J connectivity index is 2.80. The van der Waals surface area contributed by atoms with Crippen molar-refractivity contribution in [3.8, 4) is 5.75 Å². The topological polar surface area (TPSA) is 49.8 Å². The first-order chi connectivity index (χ1) is 8.20. The summed E-state index contributed by atoms with van der Waals surface area (Å²) < 4.78 is 4.96. The first-order valence-corrected chi connectivity index (χ1v) is 6.45. The fourth-order valence-corrected chi connectivity index (χ4v) is 1.87. The number of hydrogen-bond donors (Lipinski definition) is 1. The Morgan fingerprint density at radius 1 is 1.41 bits per heavy atom. The first kappa shape index (κ1) is 14.0. The Morgan fingerprint density at radius 3 is 2.71 bits per heavy atom. The normalized spacial score (nSPS) is 10.2. The van der Waals surface area contributed by atoms with Crippen LogP contribution in [0.15, 0.2) is 24.3 Å². The maximum absolute atomic E-state index is 12.2. The summed E-state index contributed by atoms with van der Waals surface area (Å²) >= 11 is 3.30. The number of carbonyl (C=O) groups excluding carboxylic acids is 1. The Hall–Kier alpha value is -1.07. The second kappa shape index (κ2) is 7.29. The van der Waals surface area contributed by atoms with Crippen LogP contribution >= 0.6 is 15.9 Å². The standard InChI is InChI=1S/C12H16BrNO3/c1-17-9-8-14(7-6-13)12(16)10-4-2-3-5-11(10)15/h2-5,15H,6-9H2,1H3. The Morgan fingerprint density at radius 2 is 2.12 bits per heavy atom. The van der Waals surface area contributed by atoms with Gasteiger partial charge >= 0.3 is 0 Å². The van der Waals surface area contributed by atoms with Crippen LogP contribution in [0.25, 0.3) is 0 Å². The Bertz CT molecular complexity index is 371. The number of hydrogen-bond acceptors (Lipinski definition) is 3. The lowest BCUT2D eigenvalue weighted by atomic mass is 10.1. The van der Waals surface area contributed by atoms with Gasteiger partial charge in [-0.25, -0.2) is 0 Å². The van der Waals surface area contributed by atoms with Crippen molar-refractivity contribution in [2.24, 2.45) is 0 Å². The van der Waals surface area contributed by atoms with Gasteiger partial charge in [0.2, 0.25) is 0 Å². The lowest BCUT2D eigenvalue weighted by Crippen LogP contribution is -2.35. The number of ether oxygens (including phenoxy) is 1. The van der Waals surface area contributed by atoms with E-state index in [-0.39, 0.29) is 11.7 Å². The molecule has 1 aromatic rings. The molecule has 1 rings (SSSR count). The average Bonchev–Trinajstić information content (AvgIpc) is 2.34. The van der Waals surface area contributed by atoms with Crippen molar-refractivity contribution in [2.75, 3.05) is 32.1 Å². The quantitative estimate of drug-likeness (QED) is 0.816. The molecule has 94 valence electrons. The van der Waals surface area contributed by atoms with E-state index in [2.05, 4.69) is 15.9 Å². The van der Waals surface area contributed by atoms with Gasteiger partial charge in [-0.15, -0.1) is 0 Å². The predicted molar refractivity (Wildman–Crippen MR) is 69.7 cm³/mol. The van der Waals surface area contributed by atoms with E-state index < -0.39 is 0 Å². The Labute approximate surface area is 109 Å². The van der Waals surface area contributed by atoms with Crippen LogP contribution in [0.4, 0.5) is 0 Å². The van der Waals surface area contributed by atoms with Crippen molar-refractivity contribution in [1.82, 2.24) is 4.90 Å². The van der Waals surface area contributed by atoms with Crippen LogP contribution in [-0.4, -0.2) is 48.0 Å². The molecule has 0 radical (unpaired) electrons. The molecular formula is C12H16BrNO3.